The fourth-order valence-corrected chi connectivity index (χ4v) is 6.62. The second-order valence-electron chi connectivity index (χ2n) is 9.17. The van der Waals surface area contributed by atoms with E-state index in [2.05, 4.69) is 58.9 Å². The zero-order valence-corrected chi connectivity index (χ0v) is 19.5. The van der Waals surface area contributed by atoms with Gasteiger partial charge in [0.2, 0.25) is 0 Å². The molecule has 5 nitrogen and oxygen atoms in total. The van der Waals surface area contributed by atoms with Gasteiger partial charge in [0.05, 0.1) is 6.54 Å². The highest BCUT2D eigenvalue weighted by molar-refractivity contribution is 7.99. The summed E-state index contributed by atoms with van der Waals surface area (Å²) in [6.45, 7) is 4.00. The van der Waals surface area contributed by atoms with Gasteiger partial charge in [-0.05, 0) is 66.6 Å². The highest BCUT2D eigenvalue weighted by Crippen LogP contribution is 2.34. The Bertz CT molecular complexity index is 724. The molecule has 0 radical (unpaired) electrons. The summed E-state index contributed by atoms with van der Waals surface area (Å²) in [5.41, 5.74) is 2.71. The molecular formula is C23H35N3O2S2. The first-order chi connectivity index (χ1) is 14.5. The fraction of sp³-hybridized carbons (Fsp3) is 0.696. The normalized spacial score (nSPS) is 25.4. The predicted octanol–water partition coefficient (Wildman–Crippen LogP) is 3.23. The van der Waals surface area contributed by atoms with E-state index in [0.29, 0.717) is 12.5 Å². The number of nitrogens with zero attached hydrogens (tertiary/aromatic N) is 2. The lowest BCUT2D eigenvalue weighted by Crippen LogP contribution is -2.52. The molecule has 30 heavy (non-hydrogen) atoms. The lowest BCUT2D eigenvalue weighted by Gasteiger charge is -2.39. The number of nitrogens with one attached hydrogen (secondary N) is 1. The highest BCUT2D eigenvalue weighted by atomic mass is 32.2. The number of carbonyl (C=O) groups is 1. The number of fused-ring (bicyclic) bond motifs is 1. The van der Waals surface area contributed by atoms with Crippen molar-refractivity contribution in [3.8, 4) is 0 Å². The lowest BCUT2D eigenvalue weighted by molar-refractivity contribution is 0.0760. The lowest BCUT2D eigenvalue weighted by atomic mass is 9.82. The third-order valence-electron chi connectivity index (χ3n) is 6.89. The van der Waals surface area contributed by atoms with Crippen LogP contribution in [-0.2, 0) is 13.0 Å². The number of hydrogen-bond donors (Lipinski definition) is 3. The molecule has 4 rings (SSSR count). The molecule has 166 valence electrons. The van der Waals surface area contributed by atoms with Gasteiger partial charge in [0, 0.05) is 32.7 Å². The first-order valence-corrected chi connectivity index (χ1v) is 12.9. The Morgan fingerprint density at radius 1 is 1.17 bits per heavy atom. The Labute approximate surface area is 190 Å². The molecule has 3 heterocycles. The van der Waals surface area contributed by atoms with Crippen LogP contribution >= 0.6 is 24.4 Å². The molecule has 2 fully saturated rings. The van der Waals surface area contributed by atoms with Crippen molar-refractivity contribution in [3.63, 3.8) is 0 Å². The summed E-state index contributed by atoms with van der Waals surface area (Å²) in [6, 6.07) is 8.42. The van der Waals surface area contributed by atoms with Crippen LogP contribution in [0.1, 0.15) is 36.8 Å². The minimum atomic E-state index is -1.24. The molecule has 1 aromatic carbocycles. The van der Waals surface area contributed by atoms with Crippen molar-refractivity contribution in [1.82, 2.24) is 15.1 Å². The summed E-state index contributed by atoms with van der Waals surface area (Å²) in [6.07, 6.45) is 5.90. The van der Waals surface area contributed by atoms with Crippen molar-refractivity contribution in [2.45, 2.75) is 43.6 Å². The average molecular weight is 450 g/mol. The number of piperidine rings is 1. The first kappa shape index (κ1) is 22.3. The minimum Gasteiger partial charge on any atom is -0.377 e. The molecule has 3 aliphatic rings. The Morgan fingerprint density at radius 2 is 1.93 bits per heavy atom. The number of thioether (sulfide) groups is 1. The highest BCUT2D eigenvalue weighted by Gasteiger charge is 2.32. The van der Waals surface area contributed by atoms with Gasteiger partial charge in [0.15, 0.2) is 0 Å². The smallest absolute Gasteiger partial charge is 0.317 e. The quantitative estimate of drug-likeness (QED) is 0.477. The van der Waals surface area contributed by atoms with Crippen LogP contribution in [0.4, 0.5) is 4.79 Å². The topological polar surface area (TPSA) is 55.8 Å². The first-order valence-electron chi connectivity index (χ1n) is 11.3. The van der Waals surface area contributed by atoms with Gasteiger partial charge >= 0.3 is 6.03 Å². The van der Waals surface area contributed by atoms with Crippen LogP contribution in [0.3, 0.4) is 0 Å². The van der Waals surface area contributed by atoms with E-state index in [1.165, 1.54) is 41.9 Å². The summed E-state index contributed by atoms with van der Waals surface area (Å²) in [4.78, 5) is 15.7. The zero-order valence-electron chi connectivity index (χ0n) is 17.8. The number of likely N-dealkylation sites (tertiary alicyclic amines) is 1. The van der Waals surface area contributed by atoms with Crippen molar-refractivity contribution < 1.29 is 9.90 Å². The van der Waals surface area contributed by atoms with E-state index in [-0.39, 0.29) is 12.6 Å². The molecule has 2 N–H and O–H groups in total. The van der Waals surface area contributed by atoms with Crippen LogP contribution < -0.4 is 5.32 Å². The van der Waals surface area contributed by atoms with Crippen LogP contribution in [0, 0.1) is 11.8 Å². The Morgan fingerprint density at radius 3 is 2.73 bits per heavy atom. The fourth-order valence-electron chi connectivity index (χ4n) is 5.20. The maximum Gasteiger partial charge on any atom is 0.317 e. The van der Waals surface area contributed by atoms with Gasteiger partial charge < -0.3 is 15.3 Å². The minimum absolute atomic E-state index is 0.0543. The van der Waals surface area contributed by atoms with Crippen molar-refractivity contribution in [2.24, 2.45) is 11.8 Å². The molecule has 2 saturated heterocycles. The summed E-state index contributed by atoms with van der Waals surface area (Å²) < 4.78 is 0. The molecule has 0 spiro atoms. The number of benzene rings is 1. The molecule has 0 aromatic heterocycles. The second-order valence-corrected chi connectivity index (χ2v) is 11.2. The summed E-state index contributed by atoms with van der Waals surface area (Å²) in [7, 11) is 0. The number of amides is 2. The number of carbonyl (C=O) groups excluding carboxylic acids is 1. The van der Waals surface area contributed by atoms with E-state index >= 15 is 0 Å². The molecular weight excluding hydrogens is 414 g/mol. The molecule has 2 unspecified atom stereocenters. The van der Waals surface area contributed by atoms with Gasteiger partial charge in [-0.2, -0.15) is 11.8 Å². The number of β-amino-alcohol motifs (C(OH)–C–C–N with tert-alkyl or cyclic N) is 1. The molecule has 1 aromatic rings. The van der Waals surface area contributed by atoms with Crippen molar-refractivity contribution in [3.05, 3.63) is 35.4 Å². The zero-order chi connectivity index (χ0) is 21.0. The summed E-state index contributed by atoms with van der Waals surface area (Å²) >= 11 is 6.54. The van der Waals surface area contributed by atoms with E-state index in [9.17, 15) is 9.90 Å². The largest absolute Gasteiger partial charge is 0.377 e. The molecule has 7 heteroatoms. The van der Waals surface area contributed by atoms with Crippen LogP contribution in [0.15, 0.2) is 24.3 Å². The Hall–Kier alpha value is -0.890. The molecule has 2 amide bonds. The number of rotatable bonds is 5. The van der Waals surface area contributed by atoms with Gasteiger partial charge in [-0.1, -0.05) is 24.3 Å². The second kappa shape index (κ2) is 10.2. The molecule has 0 bridgehead atoms. The standard InChI is InChI=1S/C23H35N3O2S2/c27-22(26-10-3-6-21(15-26)19-8-12-30-13-9-19)24-16-23(28,29)17-25-11-7-18-4-1-2-5-20(18)14-25/h1-2,4-5,19,21,28-29H,3,6-17H2,(H,24,27). The van der Waals surface area contributed by atoms with E-state index < -0.39 is 4.93 Å². The van der Waals surface area contributed by atoms with E-state index in [1.54, 1.807) is 0 Å². The molecule has 0 saturated carbocycles. The van der Waals surface area contributed by atoms with Crippen LogP contribution in [0.25, 0.3) is 0 Å². The van der Waals surface area contributed by atoms with Crippen molar-refractivity contribution in [1.29, 1.82) is 0 Å². The van der Waals surface area contributed by atoms with Gasteiger partial charge in [-0.25, -0.2) is 4.79 Å². The van der Waals surface area contributed by atoms with E-state index in [1.807, 2.05) is 4.90 Å². The van der Waals surface area contributed by atoms with Crippen molar-refractivity contribution >= 4 is 30.4 Å². The third-order valence-corrected chi connectivity index (χ3v) is 8.24. The van der Waals surface area contributed by atoms with Gasteiger partial charge in [-0.15, -0.1) is 12.6 Å². The predicted molar refractivity (Wildman–Crippen MR) is 127 cm³/mol. The monoisotopic (exact) mass is 449 g/mol. The maximum absolute atomic E-state index is 12.8. The molecule has 3 aliphatic heterocycles. The van der Waals surface area contributed by atoms with Gasteiger partial charge in [0.25, 0.3) is 0 Å². The maximum atomic E-state index is 12.8. The molecule has 0 aliphatic carbocycles. The molecule has 2 atom stereocenters. The Balaban J connectivity index is 1.24. The van der Waals surface area contributed by atoms with Crippen LogP contribution in [-0.4, -0.2) is 70.1 Å². The Kier molecular flexibility index (Phi) is 7.55. The SMILES string of the molecule is O=C(NCC(O)(S)CN1CCc2ccccc2C1)N1CCCC(C2CCSCC2)C1. The third kappa shape index (κ3) is 5.87. The van der Waals surface area contributed by atoms with Crippen LogP contribution in [0.2, 0.25) is 0 Å². The number of hydrogen-bond acceptors (Lipinski definition) is 5. The summed E-state index contributed by atoms with van der Waals surface area (Å²) in [5, 5.41) is 13.8. The average Bonchev–Trinajstić information content (AvgIpc) is 2.78. The van der Waals surface area contributed by atoms with E-state index in [0.717, 1.165) is 44.9 Å². The van der Waals surface area contributed by atoms with Gasteiger partial charge in [0.1, 0.15) is 4.93 Å². The van der Waals surface area contributed by atoms with E-state index in [4.69, 9.17) is 0 Å². The van der Waals surface area contributed by atoms with Gasteiger partial charge in [-0.3, -0.25) is 4.90 Å². The van der Waals surface area contributed by atoms with Crippen LogP contribution in [0.5, 0.6) is 0 Å². The number of aliphatic hydroxyl groups is 1. The number of thiol groups is 1. The van der Waals surface area contributed by atoms with Crippen molar-refractivity contribution in [2.75, 3.05) is 44.2 Å². The number of urea groups is 1. The summed E-state index contributed by atoms with van der Waals surface area (Å²) in [5.74, 6) is 3.93.